The number of nitrogens with zero attached hydrogens (tertiary/aromatic N) is 2. The molecule has 1 aromatic carbocycles. The lowest BCUT2D eigenvalue weighted by Gasteiger charge is -2.00. The van der Waals surface area contributed by atoms with Crippen LogP contribution in [0.25, 0.3) is 16.6 Å². The summed E-state index contributed by atoms with van der Waals surface area (Å²) in [7, 11) is 1.58. The van der Waals surface area contributed by atoms with E-state index in [0.29, 0.717) is 11.5 Å². The molecule has 1 N–H and O–H groups in total. The predicted octanol–water partition coefficient (Wildman–Crippen LogP) is 2.90. The van der Waals surface area contributed by atoms with Crippen molar-refractivity contribution in [1.29, 1.82) is 0 Å². The molecule has 2 aromatic heterocycles. The molecule has 0 spiro atoms. The molecule has 104 valence electrons. The first-order chi connectivity index (χ1) is 10.3. The zero-order chi connectivity index (χ0) is 14.4. The highest BCUT2D eigenvalue weighted by Crippen LogP contribution is 2.34. The third-order valence-corrected chi connectivity index (χ3v) is 4.21. The average Bonchev–Trinajstić information content (AvgIpc) is 3.14. The first-order valence-electron chi connectivity index (χ1n) is 6.40. The Morgan fingerprint density at radius 3 is 3.10 bits per heavy atom. The van der Waals surface area contributed by atoms with E-state index in [0.717, 1.165) is 21.9 Å². The Balaban J connectivity index is 1.94. The van der Waals surface area contributed by atoms with Crippen molar-refractivity contribution >= 4 is 39.5 Å². The van der Waals surface area contributed by atoms with Crippen LogP contribution in [-0.2, 0) is 4.79 Å². The summed E-state index contributed by atoms with van der Waals surface area (Å²) in [6.07, 6.45) is 3.74. The molecule has 6 heteroatoms. The lowest BCUT2D eigenvalue weighted by molar-refractivity contribution is -0.110. The largest absolute Gasteiger partial charge is 0.479 e. The molecule has 0 radical (unpaired) electrons. The highest BCUT2D eigenvalue weighted by Gasteiger charge is 2.25. The molecule has 3 aromatic rings. The number of imidazole rings is 1. The van der Waals surface area contributed by atoms with Crippen molar-refractivity contribution in [3.63, 3.8) is 0 Å². The van der Waals surface area contributed by atoms with Crippen LogP contribution in [0.15, 0.2) is 35.8 Å². The van der Waals surface area contributed by atoms with Crippen molar-refractivity contribution in [3.8, 4) is 5.88 Å². The number of ether oxygens (including phenoxy) is 1. The molecule has 1 amide bonds. The van der Waals surface area contributed by atoms with E-state index in [1.807, 2.05) is 46.3 Å². The van der Waals surface area contributed by atoms with E-state index in [9.17, 15) is 4.79 Å². The number of rotatable bonds is 2. The van der Waals surface area contributed by atoms with Crippen molar-refractivity contribution < 1.29 is 9.53 Å². The van der Waals surface area contributed by atoms with Gasteiger partial charge in [0.25, 0.3) is 5.91 Å². The molecule has 0 aliphatic carbocycles. The number of hydrogen-bond donors (Lipinski definition) is 1. The van der Waals surface area contributed by atoms with Gasteiger partial charge in [0.1, 0.15) is 5.69 Å². The molecular formula is C15H11N3O2S. The van der Waals surface area contributed by atoms with E-state index >= 15 is 0 Å². The Bertz CT molecular complexity index is 891. The van der Waals surface area contributed by atoms with Crippen LogP contribution in [0.4, 0.5) is 5.69 Å². The first-order valence-corrected chi connectivity index (χ1v) is 7.28. The van der Waals surface area contributed by atoms with Crippen molar-refractivity contribution in [2.24, 2.45) is 0 Å². The van der Waals surface area contributed by atoms with Gasteiger partial charge in [-0.3, -0.25) is 9.20 Å². The molecule has 4 rings (SSSR count). The maximum Gasteiger partial charge on any atom is 0.256 e. The maximum atomic E-state index is 12.2. The van der Waals surface area contributed by atoms with Crippen LogP contribution in [0, 0.1) is 0 Å². The van der Waals surface area contributed by atoms with Gasteiger partial charge in [0.05, 0.1) is 12.7 Å². The lowest BCUT2D eigenvalue weighted by atomic mass is 10.1. The summed E-state index contributed by atoms with van der Waals surface area (Å²) in [5.74, 6) is 0.412. The summed E-state index contributed by atoms with van der Waals surface area (Å²) in [6, 6.07) is 7.64. The minimum atomic E-state index is -0.108. The Kier molecular flexibility index (Phi) is 2.58. The number of carbonyl (C=O) groups is 1. The monoisotopic (exact) mass is 297 g/mol. The number of para-hydroxylation sites is 1. The van der Waals surface area contributed by atoms with Gasteiger partial charge in [-0.2, -0.15) is 4.98 Å². The van der Waals surface area contributed by atoms with Crippen molar-refractivity contribution in [2.45, 2.75) is 0 Å². The molecule has 21 heavy (non-hydrogen) atoms. The van der Waals surface area contributed by atoms with E-state index in [1.165, 1.54) is 11.3 Å². The van der Waals surface area contributed by atoms with Gasteiger partial charge >= 0.3 is 0 Å². The maximum absolute atomic E-state index is 12.2. The van der Waals surface area contributed by atoms with Crippen LogP contribution < -0.4 is 10.1 Å². The lowest BCUT2D eigenvalue weighted by Crippen LogP contribution is -2.03. The number of hydrogen-bond acceptors (Lipinski definition) is 4. The van der Waals surface area contributed by atoms with Crippen LogP contribution in [0.2, 0.25) is 0 Å². The second-order valence-corrected chi connectivity index (χ2v) is 5.49. The van der Waals surface area contributed by atoms with Gasteiger partial charge in [0.15, 0.2) is 4.96 Å². The smallest absolute Gasteiger partial charge is 0.256 e. The number of benzene rings is 1. The predicted molar refractivity (Wildman–Crippen MR) is 82.6 cm³/mol. The molecule has 5 nitrogen and oxygen atoms in total. The van der Waals surface area contributed by atoms with Crippen molar-refractivity contribution in [1.82, 2.24) is 9.38 Å². The van der Waals surface area contributed by atoms with E-state index in [1.54, 1.807) is 7.11 Å². The minimum Gasteiger partial charge on any atom is -0.479 e. The van der Waals surface area contributed by atoms with Crippen molar-refractivity contribution in [2.75, 3.05) is 12.4 Å². The van der Waals surface area contributed by atoms with E-state index in [2.05, 4.69) is 10.3 Å². The summed E-state index contributed by atoms with van der Waals surface area (Å²) >= 11 is 1.52. The Morgan fingerprint density at radius 2 is 2.24 bits per heavy atom. The van der Waals surface area contributed by atoms with Crippen LogP contribution in [0.3, 0.4) is 0 Å². The molecule has 0 saturated heterocycles. The minimum absolute atomic E-state index is 0.108. The standard InChI is InChI=1S/C15H11N3O2S/c1-20-14-12(18-6-7-21-15(18)17-14)8-10-9-4-2-3-5-11(9)16-13(10)19/h2-8H,1H3,(H,16,19)/b10-8+. The second kappa shape index (κ2) is 4.46. The Labute approximate surface area is 124 Å². The number of nitrogens with one attached hydrogen (secondary N) is 1. The molecule has 0 bridgehead atoms. The normalized spacial score (nSPS) is 15.5. The zero-order valence-electron chi connectivity index (χ0n) is 11.2. The second-order valence-electron chi connectivity index (χ2n) is 4.62. The molecule has 0 saturated carbocycles. The van der Waals surface area contributed by atoms with Crippen LogP contribution in [-0.4, -0.2) is 22.4 Å². The number of methoxy groups -OCH3 is 1. The van der Waals surface area contributed by atoms with Crippen LogP contribution in [0.1, 0.15) is 11.3 Å². The molecule has 1 aliphatic heterocycles. The molecule has 0 atom stereocenters. The first kappa shape index (κ1) is 12.2. The van der Waals surface area contributed by atoms with Gasteiger partial charge in [-0.25, -0.2) is 0 Å². The zero-order valence-corrected chi connectivity index (χ0v) is 12.0. The third-order valence-electron chi connectivity index (χ3n) is 3.45. The van der Waals surface area contributed by atoms with Crippen LogP contribution >= 0.6 is 11.3 Å². The topological polar surface area (TPSA) is 55.6 Å². The highest BCUT2D eigenvalue weighted by molar-refractivity contribution is 7.15. The van der Waals surface area contributed by atoms with E-state index < -0.39 is 0 Å². The summed E-state index contributed by atoms with van der Waals surface area (Å²) < 4.78 is 7.24. The molecule has 0 fully saturated rings. The van der Waals surface area contributed by atoms with Crippen molar-refractivity contribution in [3.05, 3.63) is 47.1 Å². The van der Waals surface area contributed by atoms with Gasteiger partial charge in [-0.15, -0.1) is 11.3 Å². The van der Waals surface area contributed by atoms with Gasteiger partial charge < -0.3 is 10.1 Å². The SMILES string of the molecule is COc1nc2sccn2c1/C=C1/C(=O)Nc2ccccc21. The third kappa shape index (κ3) is 1.76. The van der Waals surface area contributed by atoms with E-state index in [4.69, 9.17) is 4.74 Å². The fraction of sp³-hybridized carbons (Fsp3) is 0.0667. The molecule has 0 unspecified atom stereocenters. The summed E-state index contributed by atoms with van der Waals surface area (Å²) in [5, 5.41) is 4.82. The van der Waals surface area contributed by atoms with E-state index in [-0.39, 0.29) is 5.91 Å². The Morgan fingerprint density at radius 1 is 1.38 bits per heavy atom. The van der Waals surface area contributed by atoms with Gasteiger partial charge in [0, 0.05) is 22.8 Å². The van der Waals surface area contributed by atoms with Crippen LogP contribution in [0.5, 0.6) is 5.88 Å². The molecular weight excluding hydrogens is 286 g/mol. The van der Waals surface area contributed by atoms with Gasteiger partial charge in [0.2, 0.25) is 5.88 Å². The molecule has 3 heterocycles. The number of fused-ring (bicyclic) bond motifs is 2. The Hall–Kier alpha value is -2.60. The highest BCUT2D eigenvalue weighted by atomic mass is 32.1. The number of amides is 1. The molecule has 1 aliphatic rings. The number of carbonyl (C=O) groups excluding carboxylic acids is 1. The number of aromatic nitrogens is 2. The summed E-state index contributed by atoms with van der Waals surface area (Å²) in [4.78, 5) is 17.4. The van der Waals surface area contributed by atoms with Gasteiger partial charge in [-0.1, -0.05) is 18.2 Å². The number of thiazole rings is 1. The average molecular weight is 297 g/mol. The fourth-order valence-corrected chi connectivity index (χ4v) is 3.20. The summed E-state index contributed by atoms with van der Waals surface area (Å²) in [5.41, 5.74) is 3.13. The summed E-state index contributed by atoms with van der Waals surface area (Å²) in [6.45, 7) is 0. The fourth-order valence-electron chi connectivity index (χ4n) is 2.48. The number of anilines is 1. The quantitative estimate of drug-likeness (QED) is 0.740. The van der Waals surface area contributed by atoms with Gasteiger partial charge in [-0.05, 0) is 12.1 Å².